The van der Waals surface area contributed by atoms with Crippen LogP contribution in [0.15, 0.2) is 28.8 Å². The number of hydrogen-bond acceptors (Lipinski definition) is 6. The lowest BCUT2D eigenvalue weighted by Gasteiger charge is -2.50. The summed E-state index contributed by atoms with van der Waals surface area (Å²) >= 11 is 0. The van der Waals surface area contributed by atoms with E-state index in [1.165, 1.54) is 0 Å². The van der Waals surface area contributed by atoms with Gasteiger partial charge in [0.05, 0.1) is 31.9 Å². The van der Waals surface area contributed by atoms with Gasteiger partial charge in [-0.1, -0.05) is 6.07 Å². The van der Waals surface area contributed by atoms with E-state index in [1.54, 1.807) is 32.5 Å². The van der Waals surface area contributed by atoms with Gasteiger partial charge < -0.3 is 23.7 Å². The second kappa shape index (κ2) is 6.56. The van der Waals surface area contributed by atoms with Gasteiger partial charge in [-0.2, -0.15) is 0 Å². The number of aryl methyl sites for hydroxylation is 1. The van der Waals surface area contributed by atoms with Crippen LogP contribution in [0.25, 0.3) is 0 Å². The Morgan fingerprint density at radius 1 is 1.26 bits per heavy atom. The van der Waals surface area contributed by atoms with Gasteiger partial charge in [-0.05, 0) is 26.1 Å². The Morgan fingerprint density at radius 3 is 2.67 bits per heavy atom. The van der Waals surface area contributed by atoms with Gasteiger partial charge in [0.2, 0.25) is 0 Å². The summed E-state index contributed by atoms with van der Waals surface area (Å²) in [7, 11) is 5.23. The van der Waals surface area contributed by atoms with Crippen molar-refractivity contribution in [2.75, 3.05) is 47.4 Å². The Labute approximate surface area is 158 Å². The van der Waals surface area contributed by atoms with Crippen LogP contribution in [0.4, 0.5) is 0 Å². The molecule has 1 amide bonds. The molecule has 2 aliphatic heterocycles. The Balaban J connectivity index is 1.55. The van der Waals surface area contributed by atoms with E-state index in [0.29, 0.717) is 30.2 Å². The lowest BCUT2D eigenvalue weighted by atomic mass is 9.71. The van der Waals surface area contributed by atoms with E-state index < -0.39 is 0 Å². The monoisotopic (exact) mass is 371 g/mol. The van der Waals surface area contributed by atoms with Gasteiger partial charge in [-0.3, -0.25) is 4.79 Å². The molecular formula is C20H25N3O4. The summed E-state index contributed by atoms with van der Waals surface area (Å²) in [5.74, 6) is 2.81. The zero-order valence-corrected chi connectivity index (χ0v) is 16.2. The lowest BCUT2D eigenvalue weighted by Crippen LogP contribution is -2.61. The fraction of sp³-hybridized carbons (Fsp3) is 0.500. The molecule has 2 saturated heterocycles. The average molecular weight is 371 g/mol. The Morgan fingerprint density at radius 2 is 2.04 bits per heavy atom. The topological polar surface area (TPSA) is 68.0 Å². The fourth-order valence-electron chi connectivity index (χ4n) is 4.49. The van der Waals surface area contributed by atoms with Crippen molar-refractivity contribution in [2.24, 2.45) is 5.41 Å². The first-order valence-corrected chi connectivity index (χ1v) is 9.08. The Bertz CT molecular complexity index is 857. The van der Waals surface area contributed by atoms with Crippen LogP contribution in [0.5, 0.6) is 11.5 Å². The van der Waals surface area contributed by atoms with Gasteiger partial charge in [-0.15, -0.1) is 0 Å². The third-order valence-electron chi connectivity index (χ3n) is 5.69. The third-order valence-corrected chi connectivity index (χ3v) is 5.69. The number of amides is 1. The largest absolute Gasteiger partial charge is 0.493 e. The smallest absolute Gasteiger partial charge is 0.257 e. The zero-order valence-electron chi connectivity index (χ0n) is 16.2. The molecule has 0 saturated carbocycles. The van der Waals surface area contributed by atoms with Crippen LogP contribution < -0.4 is 9.47 Å². The molecule has 0 aliphatic carbocycles. The number of nitrogens with zero attached hydrogens (tertiary/aromatic N) is 3. The van der Waals surface area contributed by atoms with Gasteiger partial charge in [0.25, 0.3) is 5.91 Å². The number of oxazole rings is 1. The van der Waals surface area contributed by atoms with Crippen molar-refractivity contribution in [1.29, 1.82) is 0 Å². The number of para-hydroxylation sites is 1. The summed E-state index contributed by atoms with van der Waals surface area (Å²) in [5.41, 5.74) is 0.523. The van der Waals surface area contributed by atoms with E-state index in [2.05, 4.69) is 16.9 Å². The van der Waals surface area contributed by atoms with Gasteiger partial charge in [0.15, 0.2) is 17.4 Å². The summed E-state index contributed by atoms with van der Waals surface area (Å²) in [6.45, 7) is 5.10. The molecule has 1 unspecified atom stereocenters. The SMILES string of the molecule is COc1cccc(C(=O)N2CC3(CN(C)CC3c3ncc(C)o3)C2)c1OC. The normalized spacial score (nSPS) is 21.3. The zero-order chi connectivity index (χ0) is 19.2. The number of benzene rings is 1. The highest BCUT2D eigenvalue weighted by molar-refractivity contribution is 5.98. The van der Waals surface area contributed by atoms with Crippen LogP contribution in [-0.4, -0.2) is 68.1 Å². The van der Waals surface area contributed by atoms with Gasteiger partial charge >= 0.3 is 0 Å². The molecule has 1 aromatic heterocycles. The maximum Gasteiger partial charge on any atom is 0.257 e. The molecule has 1 aromatic carbocycles. The fourth-order valence-corrected chi connectivity index (χ4v) is 4.49. The predicted octanol–water partition coefficient (Wildman–Crippen LogP) is 2.17. The quantitative estimate of drug-likeness (QED) is 0.821. The number of hydrogen-bond donors (Lipinski definition) is 0. The van der Waals surface area contributed by atoms with Crippen molar-refractivity contribution in [3.8, 4) is 11.5 Å². The minimum Gasteiger partial charge on any atom is -0.493 e. The maximum atomic E-state index is 13.1. The number of likely N-dealkylation sites (N-methyl/N-ethyl adjacent to an activating group) is 1. The molecule has 7 nitrogen and oxygen atoms in total. The molecule has 3 heterocycles. The molecule has 2 fully saturated rings. The van der Waals surface area contributed by atoms with Crippen molar-refractivity contribution >= 4 is 5.91 Å². The molecule has 4 rings (SSSR count). The summed E-state index contributed by atoms with van der Waals surface area (Å²) in [4.78, 5) is 21.7. The average Bonchev–Trinajstić information content (AvgIpc) is 3.21. The van der Waals surface area contributed by atoms with E-state index in [1.807, 2.05) is 17.9 Å². The Hall–Kier alpha value is -2.54. The summed E-state index contributed by atoms with van der Waals surface area (Å²) in [6, 6.07) is 5.39. The number of rotatable bonds is 4. The van der Waals surface area contributed by atoms with Crippen LogP contribution in [0, 0.1) is 12.3 Å². The van der Waals surface area contributed by atoms with Crippen molar-refractivity contribution in [3.05, 3.63) is 41.6 Å². The minimum absolute atomic E-state index is 0.00615. The van der Waals surface area contributed by atoms with E-state index in [0.717, 1.165) is 24.7 Å². The highest BCUT2D eigenvalue weighted by Crippen LogP contribution is 2.49. The molecule has 7 heteroatoms. The lowest BCUT2D eigenvalue weighted by molar-refractivity contribution is 0.000274. The third kappa shape index (κ3) is 2.86. The van der Waals surface area contributed by atoms with Crippen molar-refractivity contribution < 1.29 is 18.7 Å². The summed E-state index contributed by atoms with van der Waals surface area (Å²) < 4.78 is 16.6. The van der Waals surface area contributed by atoms with Gasteiger partial charge in [0, 0.05) is 31.6 Å². The molecule has 0 bridgehead atoms. The second-order valence-electron chi connectivity index (χ2n) is 7.62. The molecule has 1 atom stereocenters. The van der Waals surface area contributed by atoms with Crippen LogP contribution >= 0.6 is 0 Å². The van der Waals surface area contributed by atoms with Crippen molar-refractivity contribution in [3.63, 3.8) is 0 Å². The Kier molecular flexibility index (Phi) is 4.34. The molecular weight excluding hydrogens is 346 g/mol. The molecule has 144 valence electrons. The van der Waals surface area contributed by atoms with Crippen molar-refractivity contribution in [1.82, 2.24) is 14.8 Å². The number of carbonyl (C=O) groups excluding carboxylic acids is 1. The second-order valence-corrected chi connectivity index (χ2v) is 7.62. The minimum atomic E-state index is -0.0340. The molecule has 0 N–H and O–H groups in total. The number of methoxy groups -OCH3 is 2. The molecule has 27 heavy (non-hydrogen) atoms. The highest BCUT2D eigenvalue weighted by atomic mass is 16.5. The first-order valence-electron chi connectivity index (χ1n) is 9.08. The number of aromatic nitrogens is 1. The van der Waals surface area contributed by atoms with E-state index in [-0.39, 0.29) is 17.2 Å². The number of ether oxygens (including phenoxy) is 2. The first-order chi connectivity index (χ1) is 13.0. The summed E-state index contributed by atoms with van der Waals surface area (Å²) in [6.07, 6.45) is 1.77. The highest BCUT2D eigenvalue weighted by Gasteiger charge is 2.56. The maximum absolute atomic E-state index is 13.1. The molecule has 1 spiro atoms. The predicted molar refractivity (Wildman–Crippen MR) is 99.4 cm³/mol. The van der Waals surface area contributed by atoms with Crippen LogP contribution in [-0.2, 0) is 0 Å². The van der Waals surface area contributed by atoms with Gasteiger partial charge in [0.1, 0.15) is 5.76 Å². The van der Waals surface area contributed by atoms with E-state index >= 15 is 0 Å². The standard InChI is InChI=1S/C20H25N3O4/c1-13-8-21-18(27-13)15-9-22(2)10-20(15)11-23(12-20)19(24)14-6-5-7-16(25-3)17(14)26-4/h5-8,15H,9-12H2,1-4H3. The van der Waals surface area contributed by atoms with Gasteiger partial charge in [-0.25, -0.2) is 4.98 Å². The number of carbonyl (C=O) groups is 1. The first kappa shape index (κ1) is 17.9. The van der Waals surface area contributed by atoms with E-state index in [9.17, 15) is 4.79 Å². The molecule has 2 aromatic rings. The molecule has 2 aliphatic rings. The van der Waals surface area contributed by atoms with Crippen LogP contribution in [0.1, 0.15) is 27.9 Å². The summed E-state index contributed by atoms with van der Waals surface area (Å²) in [5, 5.41) is 0. The van der Waals surface area contributed by atoms with E-state index in [4.69, 9.17) is 13.9 Å². The van der Waals surface area contributed by atoms with Crippen LogP contribution in [0.2, 0.25) is 0 Å². The molecule has 0 radical (unpaired) electrons. The number of likely N-dealkylation sites (tertiary alicyclic amines) is 2. The van der Waals surface area contributed by atoms with Crippen LogP contribution in [0.3, 0.4) is 0 Å². The van der Waals surface area contributed by atoms with Crippen molar-refractivity contribution in [2.45, 2.75) is 12.8 Å².